The molecular formula is C14H11BrN2O3. The second-order valence-electron chi connectivity index (χ2n) is 4.15. The number of benzene rings is 1. The fourth-order valence-corrected chi connectivity index (χ4v) is 1.94. The highest BCUT2D eigenvalue weighted by molar-refractivity contribution is 9.10. The van der Waals surface area contributed by atoms with E-state index in [1.54, 1.807) is 12.1 Å². The maximum Gasteiger partial charge on any atom is 0.271 e. The minimum absolute atomic E-state index is 0.0691. The van der Waals surface area contributed by atoms with Gasteiger partial charge in [0.05, 0.1) is 0 Å². The number of hydrogen-bond acceptors (Lipinski definition) is 3. The zero-order valence-electron chi connectivity index (χ0n) is 10.6. The maximum absolute atomic E-state index is 12.0. The number of hydrogen-bond donors (Lipinski definition) is 2. The van der Waals surface area contributed by atoms with E-state index in [2.05, 4.69) is 26.2 Å². The van der Waals surface area contributed by atoms with Crippen molar-refractivity contribution in [3.8, 4) is 0 Å². The van der Waals surface area contributed by atoms with Crippen LogP contribution in [0.5, 0.6) is 0 Å². The lowest BCUT2D eigenvalue weighted by Crippen LogP contribution is -2.19. The van der Waals surface area contributed by atoms with Gasteiger partial charge in [-0.3, -0.25) is 14.4 Å². The monoisotopic (exact) mass is 334 g/mol. The molecule has 1 amide bonds. The number of aromatic nitrogens is 1. The number of H-pyrrole nitrogens is 1. The van der Waals surface area contributed by atoms with Gasteiger partial charge in [-0.2, -0.15) is 0 Å². The number of aromatic amines is 1. The van der Waals surface area contributed by atoms with Crippen LogP contribution in [0.25, 0.3) is 0 Å². The first kappa shape index (κ1) is 14.2. The molecule has 0 radical (unpaired) electrons. The maximum atomic E-state index is 12.0. The van der Waals surface area contributed by atoms with Crippen molar-refractivity contribution in [1.82, 2.24) is 4.98 Å². The smallest absolute Gasteiger partial charge is 0.271 e. The summed E-state index contributed by atoms with van der Waals surface area (Å²) in [5.74, 6) is -0.482. The van der Waals surface area contributed by atoms with E-state index in [-0.39, 0.29) is 17.0 Å². The molecule has 0 bridgehead atoms. The molecular weight excluding hydrogens is 324 g/mol. The Bertz CT molecular complexity index is 720. The molecule has 0 saturated carbocycles. The van der Waals surface area contributed by atoms with Crippen molar-refractivity contribution < 1.29 is 9.59 Å². The van der Waals surface area contributed by atoms with Gasteiger partial charge in [0, 0.05) is 21.8 Å². The lowest BCUT2D eigenvalue weighted by Gasteiger charge is -2.05. The van der Waals surface area contributed by atoms with E-state index in [1.807, 2.05) is 0 Å². The van der Waals surface area contributed by atoms with Gasteiger partial charge < -0.3 is 10.3 Å². The van der Waals surface area contributed by atoms with E-state index in [1.165, 1.54) is 31.3 Å². The third kappa shape index (κ3) is 3.21. The summed E-state index contributed by atoms with van der Waals surface area (Å²) in [6, 6.07) is 7.74. The van der Waals surface area contributed by atoms with Crippen LogP contribution in [0.1, 0.15) is 27.6 Å². The largest absolute Gasteiger partial charge is 0.326 e. The van der Waals surface area contributed by atoms with Crippen LogP contribution >= 0.6 is 15.9 Å². The van der Waals surface area contributed by atoms with E-state index in [4.69, 9.17) is 0 Å². The second kappa shape index (κ2) is 5.83. The molecule has 5 nitrogen and oxygen atoms in total. The van der Waals surface area contributed by atoms with Crippen LogP contribution in [0, 0.1) is 0 Å². The van der Waals surface area contributed by atoms with Gasteiger partial charge in [-0.25, -0.2) is 0 Å². The molecule has 2 N–H and O–H groups in total. The van der Waals surface area contributed by atoms with Crippen LogP contribution in [0.2, 0.25) is 0 Å². The molecule has 1 heterocycles. The third-order valence-corrected chi connectivity index (χ3v) is 3.13. The Morgan fingerprint density at radius 1 is 1.15 bits per heavy atom. The molecule has 6 heteroatoms. The fraction of sp³-hybridized carbons (Fsp3) is 0.0714. The summed E-state index contributed by atoms with van der Waals surface area (Å²) in [4.78, 5) is 37.2. The molecule has 102 valence electrons. The molecule has 0 saturated heterocycles. The van der Waals surface area contributed by atoms with Crippen molar-refractivity contribution in [3.05, 3.63) is 62.5 Å². The van der Waals surface area contributed by atoms with Crippen LogP contribution in [0.4, 0.5) is 5.69 Å². The highest BCUT2D eigenvalue weighted by Crippen LogP contribution is 2.12. The number of pyridine rings is 1. The number of Topliss-reactive ketones (excluding diaryl/α,β-unsaturated/α-hetero) is 1. The Labute approximate surface area is 123 Å². The van der Waals surface area contributed by atoms with Crippen molar-refractivity contribution >= 4 is 33.3 Å². The molecule has 0 unspecified atom stereocenters. The Balaban J connectivity index is 2.21. The van der Waals surface area contributed by atoms with Gasteiger partial charge in [-0.15, -0.1) is 0 Å². The SMILES string of the molecule is CC(=O)c1ccc(C(=O)Nc2cc(Br)c[nH]c2=O)cc1. The van der Waals surface area contributed by atoms with Gasteiger partial charge in [0.15, 0.2) is 5.78 Å². The lowest BCUT2D eigenvalue weighted by atomic mass is 10.1. The molecule has 0 spiro atoms. The number of nitrogens with one attached hydrogen (secondary N) is 2. The van der Waals surface area contributed by atoms with Crippen LogP contribution < -0.4 is 10.9 Å². The molecule has 20 heavy (non-hydrogen) atoms. The van der Waals surface area contributed by atoms with Gasteiger partial charge in [0.25, 0.3) is 11.5 Å². The van der Waals surface area contributed by atoms with E-state index in [9.17, 15) is 14.4 Å². The molecule has 2 rings (SSSR count). The van der Waals surface area contributed by atoms with Gasteiger partial charge in [0.1, 0.15) is 5.69 Å². The molecule has 0 aliphatic heterocycles. The summed E-state index contributed by atoms with van der Waals surface area (Å²) in [6.45, 7) is 1.45. The van der Waals surface area contributed by atoms with Gasteiger partial charge >= 0.3 is 0 Å². The number of carbonyl (C=O) groups excluding carboxylic acids is 2. The van der Waals surface area contributed by atoms with Crippen molar-refractivity contribution in [3.63, 3.8) is 0 Å². The topological polar surface area (TPSA) is 79.0 Å². The number of rotatable bonds is 3. The zero-order valence-corrected chi connectivity index (χ0v) is 12.2. The fourth-order valence-electron chi connectivity index (χ4n) is 1.60. The Kier molecular flexibility index (Phi) is 4.14. The molecule has 0 fully saturated rings. The molecule has 2 aromatic rings. The standard InChI is InChI=1S/C14H11BrN2O3/c1-8(18)9-2-4-10(5-3-9)13(19)17-12-6-11(15)7-16-14(12)20/h2-7H,1H3,(H,16,20)(H,17,19). The zero-order chi connectivity index (χ0) is 14.7. The average Bonchev–Trinajstić information content (AvgIpc) is 2.43. The predicted octanol–water partition coefficient (Wildman–Crippen LogP) is 2.59. The van der Waals surface area contributed by atoms with Crippen LogP contribution in [-0.2, 0) is 0 Å². The highest BCUT2D eigenvalue weighted by Gasteiger charge is 2.09. The predicted molar refractivity (Wildman–Crippen MR) is 79.2 cm³/mol. The summed E-state index contributed by atoms with van der Waals surface area (Å²) in [7, 11) is 0. The van der Waals surface area contributed by atoms with E-state index < -0.39 is 5.91 Å². The van der Waals surface area contributed by atoms with E-state index >= 15 is 0 Å². The average molecular weight is 335 g/mol. The van der Waals surface area contributed by atoms with Crippen molar-refractivity contribution in [2.45, 2.75) is 6.92 Å². The summed E-state index contributed by atoms with van der Waals surface area (Å²) >= 11 is 3.21. The molecule has 0 aliphatic carbocycles. The first-order valence-corrected chi connectivity index (χ1v) is 6.57. The van der Waals surface area contributed by atoms with E-state index in [0.717, 1.165) is 0 Å². The minimum Gasteiger partial charge on any atom is -0.326 e. The molecule has 1 aromatic heterocycles. The number of anilines is 1. The first-order valence-electron chi connectivity index (χ1n) is 5.78. The van der Waals surface area contributed by atoms with Gasteiger partial charge in [0.2, 0.25) is 0 Å². The normalized spacial score (nSPS) is 10.1. The van der Waals surface area contributed by atoms with Crippen LogP contribution in [-0.4, -0.2) is 16.7 Å². The van der Waals surface area contributed by atoms with Crippen molar-refractivity contribution in [1.29, 1.82) is 0 Å². The Hall–Kier alpha value is -2.21. The second-order valence-corrected chi connectivity index (χ2v) is 5.06. The van der Waals surface area contributed by atoms with Crippen LogP contribution in [0.15, 0.2) is 45.8 Å². The van der Waals surface area contributed by atoms with Gasteiger partial charge in [-0.05, 0) is 41.1 Å². The third-order valence-electron chi connectivity index (χ3n) is 2.67. The number of carbonyl (C=O) groups is 2. The quantitative estimate of drug-likeness (QED) is 0.846. The molecule has 0 aliphatic rings. The summed E-state index contributed by atoms with van der Waals surface area (Å²) in [5.41, 5.74) is 0.665. The number of halogens is 1. The summed E-state index contributed by atoms with van der Waals surface area (Å²) in [6.07, 6.45) is 1.49. The molecule has 1 aromatic carbocycles. The van der Waals surface area contributed by atoms with Crippen molar-refractivity contribution in [2.75, 3.05) is 5.32 Å². The van der Waals surface area contributed by atoms with Gasteiger partial charge in [-0.1, -0.05) is 12.1 Å². The first-order chi connectivity index (χ1) is 9.47. The summed E-state index contributed by atoms with van der Waals surface area (Å²) in [5, 5.41) is 2.52. The molecule has 0 atom stereocenters. The lowest BCUT2D eigenvalue weighted by molar-refractivity contribution is 0.100. The highest BCUT2D eigenvalue weighted by atomic mass is 79.9. The number of ketones is 1. The minimum atomic E-state index is -0.413. The van der Waals surface area contributed by atoms with Crippen LogP contribution in [0.3, 0.4) is 0 Å². The van der Waals surface area contributed by atoms with E-state index in [0.29, 0.717) is 15.6 Å². The number of amides is 1. The van der Waals surface area contributed by atoms with Crippen molar-refractivity contribution in [2.24, 2.45) is 0 Å². The Morgan fingerprint density at radius 3 is 2.35 bits per heavy atom. The summed E-state index contributed by atoms with van der Waals surface area (Å²) < 4.78 is 0.652. The Morgan fingerprint density at radius 2 is 1.75 bits per heavy atom.